The predicted molar refractivity (Wildman–Crippen MR) is 130 cm³/mol. The highest BCUT2D eigenvalue weighted by atomic mass is 16.6. The first-order valence-electron chi connectivity index (χ1n) is 10.5. The van der Waals surface area contributed by atoms with Crippen LogP contribution < -0.4 is 27.3 Å². The highest BCUT2D eigenvalue weighted by molar-refractivity contribution is 5.95. The van der Waals surface area contributed by atoms with Gasteiger partial charge in [-0.2, -0.15) is 0 Å². The average Bonchev–Trinajstić information content (AvgIpc) is 2.91. The fraction of sp³-hybridized carbons (Fsp3) is 0.0870. The molecule has 0 aliphatic carbocycles. The number of nitrogens with one attached hydrogen (secondary N) is 2. The molecule has 0 radical (unpaired) electrons. The Morgan fingerprint density at radius 2 is 0.974 bits per heavy atom. The standard InChI is InChI=1S/C23H19N6O9/c1-36-27-15(7-4-10-18(27)30)21(33)24-13-26(23(35)17-9-6-12-20(32)29(17)38-3)14-25-22(34)16-8-5-11-19(31)28(16)37-2/h4-12H,1-3,13-14H2/q+1/p+2. The van der Waals surface area contributed by atoms with Gasteiger partial charge in [0.2, 0.25) is 17.1 Å². The number of carbonyl (C=O) groups excluding carboxylic acids is 6. The molecule has 0 spiro atoms. The van der Waals surface area contributed by atoms with E-state index in [9.17, 15) is 28.8 Å². The maximum atomic E-state index is 13.3. The van der Waals surface area contributed by atoms with Crippen LogP contribution >= 0.6 is 0 Å². The fourth-order valence-corrected chi connectivity index (χ4v) is 3.20. The predicted octanol–water partition coefficient (Wildman–Crippen LogP) is -2.23. The van der Waals surface area contributed by atoms with Crippen molar-refractivity contribution < 1.29 is 28.0 Å². The molecular formula is C23H21N6O9+3. The Hall–Kier alpha value is -5.73. The third-order valence-electron chi connectivity index (χ3n) is 4.96. The highest BCUT2D eigenvalue weighted by Gasteiger charge is 2.27. The summed E-state index contributed by atoms with van der Waals surface area (Å²) < 4.78 is 15.9. The number of hydrogen-bond donors (Lipinski definition) is 2. The second kappa shape index (κ2) is 11.8. The van der Waals surface area contributed by atoms with Crippen LogP contribution in [0.15, 0.2) is 69.0 Å². The zero-order valence-corrected chi connectivity index (χ0v) is 19.7. The summed E-state index contributed by atoms with van der Waals surface area (Å²) in [5, 5.41) is 4.83. The molecule has 0 saturated heterocycles. The summed E-state index contributed by atoms with van der Waals surface area (Å²) in [6, 6.07) is 11.1. The molecule has 0 saturated carbocycles. The lowest BCUT2D eigenvalue weighted by Crippen LogP contribution is -2.49. The van der Waals surface area contributed by atoms with Gasteiger partial charge in [-0.1, -0.05) is 18.2 Å². The van der Waals surface area contributed by atoms with Crippen molar-refractivity contribution >= 4 is 38.1 Å². The Morgan fingerprint density at radius 3 is 1.34 bits per heavy atom. The van der Waals surface area contributed by atoms with Crippen LogP contribution in [-0.4, -0.2) is 70.5 Å². The molecular weight excluding hydrogens is 504 g/mol. The third-order valence-corrected chi connectivity index (χ3v) is 4.96. The molecule has 38 heavy (non-hydrogen) atoms. The summed E-state index contributed by atoms with van der Waals surface area (Å²) >= 11 is 0. The Bertz CT molecular complexity index is 1540. The summed E-state index contributed by atoms with van der Waals surface area (Å²) in [6.07, 6.45) is 0. The quantitative estimate of drug-likeness (QED) is 0.223. The summed E-state index contributed by atoms with van der Waals surface area (Å²) in [7, 11) is 0. The zero-order valence-electron chi connectivity index (χ0n) is 19.7. The number of rotatable bonds is 10. The molecule has 3 aromatic heterocycles. The Labute approximate surface area is 212 Å². The van der Waals surface area contributed by atoms with Crippen LogP contribution in [0.3, 0.4) is 0 Å². The van der Waals surface area contributed by atoms with Crippen molar-refractivity contribution in [3.05, 3.63) is 103 Å². The minimum atomic E-state index is -0.871. The lowest BCUT2D eigenvalue weighted by atomic mass is 10.3. The SMILES string of the molecule is C=[O+]n1c(C(=O)NCN(CNC(=O)c2cccc(=O)n2[O+]=C)C(=O)c2cccc(=O)n2[O+]=C)cccc1=O. The van der Waals surface area contributed by atoms with Gasteiger partial charge in [0.1, 0.15) is 0 Å². The summed E-state index contributed by atoms with van der Waals surface area (Å²) in [6.45, 7) is 8.33. The fourth-order valence-electron chi connectivity index (χ4n) is 3.20. The Balaban J connectivity index is 1.91. The number of nitrogens with zero attached hydrogens (tertiary/aromatic N) is 4. The summed E-state index contributed by atoms with van der Waals surface area (Å²) in [5.74, 6) is -2.54. The molecule has 2 N–H and O–H groups in total. The van der Waals surface area contributed by atoms with Gasteiger partial charge in [0.05, 0.1) is 27.5 Å². The normalized spacial score (nSPS) is 10.2. The van der Waals surface area contributed by atoms with Gasteiger partial charge in [0.15, 0.2) is 0 Å². The number of hydrogen-bond acceptors (Lipinski definition) is 6. The van der Waals surface area contributed by atoms with Crippen LogP contribution in [0.2, 0.25) is 0 Å². The molecule has 15 nitrogen and oxygen atoms in total. The molecule has 0 fully saturated rings. The van der Waals surface area contributed by atoms with Gasteiger partial charge in [0.25, 0.3) is 17.7 Å². The summed E-state index contributed by atoms with van der Waals surface area (Å²) in [5.41, 5.74) is -2.80. The lowest BCUT2D eigenvalue weighted by Gasteiger charge is -2.22. The van der Waals surface area contributed by atoms with E-state index >= 15 is 0 Å². The number of amides is 3. The molecule has 3 rings (SSSR count). The first kappa shape index (κ1) is 26.9. The molecule has 3 amide bonds. The highest BCUT2D eigenvalue weighted by Crippen LogP contribution is 2.03. The minimum Gasteiger partial charge on any atom is -0.333 e. The van der Waals surface area contributed by atoms with Crippen LogP contribution in [0.5, 0.6) is 0 Å². The first-order valence-corrected chi connectivity index (χ1v) is 10.5. The topological polar surface area (TPSA) is 178 Å². The second-order valence-electron chi connectivity index (χ2n) is 7.19. The van der Waals surface area contributed by atoms with Crippen LogP contribution in [0.25, 0.3) is 0 Å². The average molecular weight is 525 g/mol. The van der Waals surface area contributed by atoms with E-state index in [0.717, 1.165) is 23.1 Å². The van der Waals surface area contributed by atoms with Gasteiger partial charge in [-0.25, -0.2) is 0 Å². The van der Waals surface area contributed by atoms with E-state index in [4.69, 9.17) is 4.53 Å². The van der Waals surface area contributed by atoms with Crippen molar-refractivity contribution in [2.45, 2.75) is 0 Å². The summed E-state index contributed by atoms with van der Waals surface area (Å²) in [4.78, 5) is 75.6. The van der Waals surface area contributed by atoms with E-state index in [0.29, 0.717) is 14.2 Å². The first-order chi connectivity index (χ1) is 18.2. The molecule has 0 unspecified atom stereocenters. The van der Waals surface area contributed by atoms with E-state index in [1.54, 1.807) is 0 Å². The molecule has 0 aliphatic rings. The van der Waals surface area contributed by atoms with Crippen molar-refractivity contribution in [1.82, 2.24) is 29.7 Å². The van der Waals surface area contributed by atoms with Crippen LogP contribution in [0, 0.1) is 0 Å². The second-order valence-corrected chi connectivity index (χ2v) is 7.19. The largest absolute Gasteiger partial charge is 0.336 e. The number of aromatic nitrogens is 3. The van der Waals surface area contributed by atoms with Crippen LogP contribution in [0.1, 0.15) is 31.5 Å². The van der Waals surface area contributed by atoms with Gasteiger partial charge in [-0.05, 0) is 18.2 Å². The van der Waals surface area contributed by atoms with Crippen LogP contribution in [0.4, 0.5) is 0 Å². The molecule has 0 bridgehead atoms. The van der Waals surface area contributed by atoms with Crippen molar-refractivity contribution in [2.24, 2.45) is 0 Å². The third kappa shape index (κ3) is 5.56. The van der Waals surface area contributed by atoms with Crippen LogP contribution in [-0.2, 0) is 13.6 Å². The van der Waals surface area contributed by atoms with Gasteiger partial charge in [0, 0.05) is 18.2 Å². The molecule has 0 aromatic carbocycles. The van der Waals surface area contributed by atoms with Gasteiger partial charge < -0.3 is 15.5 Å². The van der Waals surface area contributed by atoms with E-state index in [-0.39, 0.29) is 17.1 Å². The van der Waals surface area contributed by atoms with Crippen molar-refractivity contribution in [3.63, 3.8) is 0 Å². The molecule has 0 atom stereocenters. The Morgan fingerprint density at radius 1 is 0.632 bits per heavy atom. The zero-order chi connectivity index (χ0) is 27.8. The number of pyridine rings is 3. The number of carbonyl (C=O) groups is 3. The minimum absolute atomic E-state index is 0.234. The molecule has 3 heterocycles. The molecule has 0 aliphatic heterocycles. The van der Waals surface area contributed by atoms with Crippen molar-refractivity contribution in [2.75, 3.05) is 13.3 Å². The van der Waals surface area contributed by atoms with Crippen molar-refractivity contribution in [1.29, 1.82) is 0 Å². The maximum Gasteiger partial charge on any atom is 0.336 e. The van der Waals surface area contributed by atoms with E-state index in [1.165, 1.54) is 36.4 Å². The molecule has 194 valence electrons. The maximum absolute atomic E-state index is 13.3. The van der Waals surface area contributed by atoms with E-state index in [1.807, 2.05) is 0 Å². The van der Waals surface area contributed by atoms with Gasteiger partial charge in [-0.15, -0.1) is 13.6 Å². The van der Waals surface area contributed by atoms with E-state index < -0.39 is 47.7 Å². The van der Waals surface area contributed by atoms with Gasteiger partial charge in [-0.3, -0.25) is 28.8 Å². The smallest absolute Gasteiger partial charge is 0.333 e. The Kier molecular flexibility index (Phi) is 8.35. The van der Waals surface area contributed by atoms with E-state index in [2.05, 4.69) is 40.1 Å². The molecule has 15 heteroatoms. The monoisotopic (exact) mass is 525 g/mol. The molecule has 3 aromatic rings. The lowest BCUT2D eigenvalue weighted by molar-refractivity contribution is -0.519. The van der Waals surface area contributed by atoms with Gasteiger partial charge >= 0.3 is 37.0 Å². The van der Waals surface area contributed by atoms with Crippen molar-refractivity contribution in [3.8, 4) is 0 Å².